The second-order valence-electron chi connectivity index (χ2n) is 8.84. The normalized spacial score (nSPS) is 12.9. The van der Waals surface area contributed by atoms with E-state index in [4.69, 9.17) is 13.9 Å². The quantitative estimate of drug-likeness (QED) is 0.454. The summed E-state index contributed by atoms with van der Waals surface area (Å²) in [6, 6.07) is 14.3. The van der Waals surface area contributed by atoms with Crippen molar-refractivity contribution >= 4 is 27.5 Å². The van der Waals surface area contributed by atoms with Crippen LogP contribution in [-0.4, -0.2) is 32.6 Å². The number of ether oxygens (including phenoxy) is 2. The van der Waals surface area contributed by atoms with Gasteiger partial charge >= 0.3 is 0 Å². The van der Waals surface area contributed by atoms with Crippen molar-refractivity contribution < 1.29 is 31.9 Å². The van der Waals surface area contributed by atoms with E-state index < -0.39 is 27.4 Å². The van der Waals surface area contributed by atoms with E-state index in [1.54, 1.807) is 57.2 Å². The van der Waals surface area contributed by atoms with Crippen LogP contribution in [-0.2, 0) is 16.6 Å². The number of rotatable bonds is 7. The molecule has 4 rings (SSSR count). The van der Waals surface area contributed by atoms with Crippen LogP contribution in [0, 0.1) is 0 Å². The van der Waals surface area contributed by atoms with Crippen LogP contribution < -0.4 is 24.8 Å². The summed E-state index contributed by atoms with van der Waals surface area (Å²) < 4.78 is 43.2. The Morgan fingerprint density at radius 2 is 1.69 bits per heavy atom. The van der Waals surface area contributed by atoms with Gasteiger partial charge in [-0.1, -0.05) is 18.2 Å². The van der Waals surface area contributed by atoms with Gasteiger partial charge in [0.2, 0.25) is 11.9 Å². The summed E-state index contributed by atoms with van der Waals surface area (Å²) in [4.78, 5) is 25.6. The molecule has 0 unspecified atom stereocenters. The highest BCUT2D eigenvalue weighted by Crippen LogP contribution is 2.32. The van der Waals surface area contributed by atoms with Crippen LogP contribution in [0.1, 0.15) is 47.2 Å². The molecule has 1 aliphatic heterocycles. The Morgan fingerprint density at radius 1 is 0.943 bits per heavy atom. The number of furan rings is 1. The van der Waals surface area contributed by atoms with Gasteiger partial charge in [0.15, 0.2) is 17.3 Å². The molecule has 2 heterocycles. The van der Waals surface area contributed by atoms with Crippen LogP contribution in [0.15, 0.2) is 64.1 Å². The summed E-state index contributed by atoms with van der Waals surface area (Å²) in [5.41, 5.74) is 0.572. The maximum absolute atomic E-state index is 12.8. The number of fused-ring (bicyclic) bond motifs is 1. The van der Waals surface area contributed by atoms with E-state index in [1.165, 1.54) is 12.1 Å². The van der Waals surface area contributed by atoms with E-state index in [0.29, 0.717) is 11.5 Å². The third-order valence-electron chi connectivity index (χ3n) is 4.82. The Labute approximate surface area is 202 Å². The Morgan fingerprint density at radius 3 is 2.46 bits per heavy atom. The van der Waals surface area contributed by atoms with Crippen LogP contribution in [0.25, 0.3) is 0 Å². The molecule has 10 nitrogen and oxygen atoms in total. The minimum atomic E-state index is -3.94. The third-order valence-corrected chi connectivity index (χ3v) is 6.45. The lowest BCUT2D eigenvalue weighted by Gasteiger charge is -2.18. The summed E-state index contributed by atoms with van der Waals surface area (Å²) in [5, 5.41) is 5.03. The number of anilines is 1. The Hall–Kier alpha value is -3.83. The van der Waals surface area contributed by atoms with E-state index in [2.05, 4.69) is 15.4 Å². The molecule has 2 aromatic carbocycles. The molecule has 11 heteroatoms. The highest BCUT2D eigenvalue weighted by molar-refractivity contribution is 7.89. The Balaban J connectivity index is 1.44. The first kappa shape index (κ1) is 24.3. The molecule has 1 aromatic heterocycles. The van der Waals surface area contributed by atoms with Gasteiger partial charge in [0.25, 0.3) is 21.8 Å². The molecular weight excluding hydrogens is 474 g/mol. The maximum Gasteiger partial charge on any atom is 0.291 e. The monoisotopic (exact) mass is 499 g/mol. The number of hydrogen-bond donors (Lipinski definition) is 3. The minimum absolute atomic E-state index is 0.161. The first-order valence-corrected chi connectivity index (χ1v) is 12.2. The van der Waals surface area contributed by atoms with Crippen LogP contribution in [0.2, 0.25) is 0 Å². The smallest absolute Gasteiger partial charge is 0.291 e. The van der Waals surface area contributed by atoms with Crippen molar-refractivity contribution in [2.24, 2.45) is 0 Å². The number of sulfonamides is 1. The maximum atomic E-state index is 12.8. The fraction of sp³-hybridized carbons (Fsp3) is 0.250. The van der Waals surface area contributed by atoms with E-state index in [9.17, 15) is 18.0 Å². The third kappa shape index (κ3) is 5.81. The summed E-state index contributed by atoms with van der Waals surface area (Å²) in [7, 11) is -3.94. The molecule has 3 N–H and O–H groups in total. The molecule has 0 radical (unpaired) electrons. The van der Waals surface area contributed by atoms with E-state index >= 15 is 0 Å². The van der Waals surface area contributed by atoms with Crippen LogP contribution in [0.3, 0.4) is 0 Å². The average Bonchev–Trinajstić information content (AvgIpc) is 3.46. The number of carbonyl (C=O) groups is 2. The lowest BCUT2D eigenvalue weighted by Crippen LogP contribution is -2.40. The van der Waals surface area contributed by atoms with Crippen LogP contribution in [0.5, 0.6) is 11.5 Å². The van der Waals surface area contributed by atoms with Gasteiger partial charge in [-0.05, 0) is 62.7 Å². The Kier molecular flexibility index (Phi) is 6.55. The molecule has 0 saturated heterocycles. The molecule has 3 aromatic rings. The highest BCUT2D eigenvalue weighted by Gasteiger charge is 2.26. The van der Waals surface area contributed by atoms with Gasteiger partial charge in [0, 0.05) is 12.1 Å². The molecular formula is C24H25N3O7S. The number of benzene rings is 2. The van der Waals surface area contributed by atoms with Crippen molar-refractivity contribution in [3.63, 3.8) is 0 Å². The molecule has 35 heavy (non-hydrogen) atoms. The fourth-order valence-corrected chi connectivity index (χ4v) is 4.70. The molecule has 0 spiro atoms. The van der Waals surface area contributed by atoms with Gasteiger partial charge in [-0.25, -0.2) is 13.1 Å². The zero-order valence-electron chi connectivity index (χ0n) is 19.4. The SMILES string of the molecule is CC(C)(C)NS(=O)(=O)c1ccc(C(=O)Nc2ccccc2C(=O)NCc2ccc3c(c2)OCO3)o1. The molecule has 184 valence electrons. The van der Waals surface area contributed by atoms with Crippen LogP contribution >= 0.6 is 0 Å². The average molecular weight is 500 g/mol. The van der Waals surface area contributed by atoms with E-state index in [1.807, 2.05) is 6.07 Å². The van der Waals surface area contributed by atoms with Gasteiger partial charge in [-0.3, -0.25) is 9.59 Å². The second kappa shape index (κ2) is 9.43. The van der Waals surface area contributed by atoms with Gasteiger partial charge < -0.3 is 24.5 Å². The number of para-hydroxylation sites is 1. The topological polar surface area (TPSA) is 136 Å². The zero-order chi connectivity index (χ0) is 25.2. The molecule has 0 saturated carbocycles. The summed E-state index contributed by atoms with van der Waals surface area (Å²) in [6.45, 7) is 5.47. The van der Waals surface area contributed by atoms with Crippen molar-refractivity contribution in [2.75, 3.05) is 12.1 Å². The van der Waals surface area contributed by atoms with Crippen molar-refractivity contribution in [3.8, 4) is 11.5 Å². The number of carbonyl (C=O) groups excluding carboxylic acids is 2. The molecule has 2 amide bonds. The first-order valence-electron chi connectivity index (χ1n) is 10.7. The lowest BCUT2D eigenvalue weighted by atomic mass is 10.1. The highest BCUT2D eigenvalue weighted by atomic mass is 32.2. The van der Waals surface area contributed by atoms with Gasteiger partial charge in [0.05, 0.1) is 11.3 Å². The molecule has 0 bridgehead atoms. The van der Waals surface area contributed by atoms with Crippen LogP contribution in [0.4, 0.5) is 5.69 Å². The van der Waals surface area contributed by atoms with Gasteiger partial charge in [-0.2, -0.15) is 0 Å². The molecule has 0 atom stereocenters. The number of nitrogens with one attached hydrogen (secondary N) is 3. The van der Waals surface area contributed by atoms with Crippen molar-refractivity contribution in [1.82, 2.24) is 10.0 Å². The second-order valence-corrected chi connectivity index (χ2v) is 10.5. The summed E-state index contributed by atoms with van der Waals surface area (Å²) in [5.74, 6) is -0.0538. The fourth-order valence-electron chi connectivity index (χ4n) is 3.34. The standard InChI is InChI=1S/C24H25N3O7S/c1-24(2,3)27-35(30,31)21-11-10-19(34-21)23(29)26-17-7-5-4-6-16(17)22(28)25-13-15-8-9-18-20(12-15)33-14-32-18/h4-12,27H,13-14H2,1-3H3,(H,25,28)(H,26,29). The van der Waals surface area contributed by atoms with Crippen molar-refractivity contribution in [2.45, 2.75) is 37.9 Å². The van der Waals surface area contributed by atoms with Gasteiger partial charge in [0.1, 0.15) is 0 Å². The largest absolute Gasteiger partial charge is 0.454 e. The number of hydrogen-bond acceptors (Lipinski definition) is 7. The van der Waals surface area contributed by atoms with Crippen molar-refractivity contribution in [1.29, 1.82) is 0 Å². The van der Waals surface area contributed by atoms with E-state index in [-0.39, 0.29) is 35.4 Å². The zero-order valence-corrected chi connectivity index (χ0v) is 20.2. The molecule has 1 aliphatic rings. The predicted molar refractivity (Wildman–Crippen MR) is 127 cm³/mol. The predicted octanol–water partition coefficient (Wildman–Crippen LogP) is 3.27. The van der Waals surface area contributed by atoms with Crippen molar-refractivity contribution in [3.05, 3.63) is 71.5 Å². The first-order chi connectivity index (χ1) is 16.5. The number of amides is 2. The minimum Gasteiger partial charge on any atom is -0.454 e. The lowest BCUT2D eigenvalue weighted by molar-refractivity contribution is 0.0951. The van der Waals surface area contributed by atoms with E-state index in [0.717, 1.165) is 5.56 Å². The molecule has 0 aliphatic carbocycles. The Bertz CT molecular complexity index is 1370. The van der Waals surface area contributed by atoms with Gasteiger partial charge in [-0.15, -0.1) is 0 Å². The molecule has 0 fully saturated rings. The summed E-state index contributed by atoms with van der Waals surface area (Å²) >= 11 is 0. The summed E-state index contributed by atoms with van der Waals surface area (Å²) in [6.07, 6.45) is 0.